The maximum Gasteiger partial charge on any atom is 0.315 e. The number of nitrogens with zero attached hydrogens (tertiary/aromatic N) is 3. The summed E-state index contributed by atoms with van der Waals surface area (Å²) in [5.41, 5.74) is 2.27. The first-order valence-electron chi connectivity index (χ1n) is 11.6. The molecular weight excluding hydrogens is 402 g/mol. The van der Waals surface area contributed by atoms with Gasteiger partial charge < -0.3 is 20.4 Å². The smallest absolute Gasteiger partial charge is 0.315 e. The summed E-state index contributed by atoms with van der Waals surface area (Å²) in [6.45, 7) is 7.90. The van der Waals surface area contributed by atoms with Crippen molar-refractivity contribution in [2.75, 3.05) is 37.6 Å². The maximum atomic E-state index is 12.5. The Labute approximate surface area is 191 Å². The van der Waals surface area contributed by atoms with Gasteiger partial charge in [0.25, 0.3) is 0 Å². The number of pyridine rings is 1. The molecule has 0 aliphatic carbocycles. The first kappa shape index (κ1) is 23.6. The third-order valence-corrected chi connectivity index (χ3v) is 6.08. The fraction of sp³-hybridized carbons (Fsp3) is 0.480. The minimum absolute atomic E-state index is 0.0222. The first-order valence-corrected chi connectivity index (χ1v) is 11.6. The fourth-order valence-electron chi connectivity index (χ4n) is 4.10. The van der Waals surface area contributed by atoms with Crippen molar-refractivity contribution in [3.8, 4) is 0 Å². The van der Waals surface area contributed by atoms with Crippen LogP contribution in [0.15, 0.2) is 48.7 Å². The molecule has 3 amide bonds. The van der Waals surface area contributed by atoms with Crippen LogP contribution in [0.4, 0.5) is 10.6 Å². The molecule has 1 aromatic carbocycles. The number of hydrogen-bond donors (Lipinski definition) is 2. The lowest BCUT2D eigenvalue weighted by Gasteiger charge is -2.32. The van der Waals surface area contributed by atoms with Gasteiger partial charge >= 0.3 is 6.03 Å². The fourth-order valence-corrected chi connectivity index (χ4v) is 4.10. The van der Waals surface area contributed by atoms with Gasteiger partial charge in [0.05, 0.1) is 6.54 Å². The molecule has 7 nitrogen and oxygen atoms in total. The van der Waals surface area contributed by atoms with Gasteiger partial charge in [0.15, 0.2) is 0 Å². The van der Waals surface area contributed by atoms with Gasteiger partial charge in [0.2, 0.25) is 5.91 Å². The molecule has 1 saturated heterocycles. The molecule has 0 spiro atoms. The maximum absolute atomic E-state index is 12.5. The van der Waals surface area contributed by atoms with Crippen molar-refractivity contribution in [2.24, 2.45) is 5.92 Å². The van der Waals surface area contributed by atoms with Gasteiger partial charge in [-0.05, 0) is 56.2 Å². The molecule has 0 atom stereocenters. The van der Waals surface area contributed by atoms with Crippen LogP contribution in [0.25, 0.3) is 0 Å². The van der Waals surface area contributed by atoms with Gasteiger partial charge in [0.1, 0.15) is 5.82 Å². The summed E-state index contributed by atoms with van der Waals surface area (Å²) < 4.78 is 0. The van der Waals surface area contributed by atoms with Crippen molar-refractivity contribution in [1.29, 1.82) is 0 Å². The van der Waals surface area contributed by atoms with Gasteiger partial charge in [0, 0.05) is 38.9 Å². The summed E-state index contributed by atoms with van der Waals surface area (Å²) in [5, 5.41) is 5.47. The number of carbonyl (C=O) groups excluding carboxylic acids is 2. The van der Waals surface area contributed by atoms with Crippen LogP contribution in [0, 0.1) is 5.92 Å². The highest BCUT2D eigenvalue weighted by molar-refractivity contribution is 5.84. The number of anilines is 1. The summed E-state index contributed by atoms with van der Waals surface area (Å²) in [5.74, 6) is 1.52. The summed E-state index contributed by atoms with van der Waals surface area (Å²) >= 11 is 0. The number of nitrogens with one attached hydrogen (secondary N) is 2. The number of piperidine rings is 1. The molecule has 0 saturated carbocycles. The molecule has 1 fully saturated rings. The molecule has 0 unspecified atom stereocenters. The van der Waals surface area contributed by atoms with Gasteiger partial charge in [-0.2, -0.15) is 0 Å². The first-order chi connectivity index (χ1) is 15.6. The normalized spacial score (nSPS) is 14.1. The summed E-state index contributed by atoms with van der Waals surface area (Å²) in [7, 11) is 0. The zero-order valence-corrected chi connectivity index (χ0v) is 19.2. The number of rotatable bonds is 9. The lowest BCUT2D eigenvalue weighted by Crippen LogP contribution is -2.46. The Bertz CT molecular complexity index is 844. The van der Waals surface area contributed by atoms with E-state index in [4.69, 9.17) is 0 Å². The number of hydrogen-bond acceptors (Lipinski definition) is 4. The highest BCUT2D eigenvalue weighted by Gasteiger charge is 2.23. The minimum Gasteiger partial charge on any atom is -0.357 e. The van der Waals surface area contributed by atoms with E-state index < -0.39 is 0 Å². The van der Waals surface area contributed by atoms with Crippen LogP contribution in [-0.4, -0.2) is 54.5 Å². The molecule has 0 bridgehead atoms. The van der Waals surface area contributed by atoms with Crippen LogP contribution in [0.1, 0.15) is 37.8 Å². The third-order valence-electron chi connectivity index (χ3n) is 6.08. The van der Waals surface area contributed by atoms with E-state index in [-0.39, 0.29) is 18.5 Å². The number of benzene rings is 1. The second-order valence-corrected chi connectivity index (χ2v) is 8.25. The summed E-state index contributed by atoms with van der Waals surface area (Å²) in [6, 6.07) is 14.1. The molecule has 1 aliphatic heterocycles. The Morgan fingerprint density at radius 2 is 1.72 bits per heavy atom. The van der Waals surface area contributed by atoms with E-state index in [1.165, 1.54) is 5.56 Å². The van der Waals surface area contributed by atoms with Crippen LogP contribution in [-0.2, 0) is 17.8 Å². The predicted octanol–water partition coefficient (Wildman–Crippen LogP) is 3.21. The molecule has 1 aliphatic rings. The van der Waals surface area contributed by atoms with Gasteiger partial charge in [-0.15, -0.1) is 0 Å². The van der Waals surface area contributed by atoms with Crippen LogP contribution in [0.2, 0.25) is 0 Å². The Morgan fingerprint density at radius 3 is 2.34 bits per heavy atom. The molecule has 172 valence electrons. The minimum atomic E-state index is -0.342. The molecule has 7 heteroatoms. The van der Waals surface area contributed by atoms with Gasteiger partial charge in [-0.3, -0.25) is 4.79 Å². The zero-order chi connectivity index (χ0) is 22.8. The number of aromatic nitrogens is 1. The van der Waals surface area contributed by atoms with Crippen molar-refractivity contribution in [3.63, 3.8) is 0 Å². The summed E-state index contributed by atoms with van der Waals surface area (Å²) in [4.78, 5) is 33.1. The van der Waals surface area contributed by atoms with E-state index in [0.717, 1.165) is 56.8 Å². The van der Waals surface area contributed by atoms with E-state index in [1.54, 1.807) is 6.20 Å². The number of amides is 3. The molecule has 2 N–H and O–H groups in total. The van der Waals surface area contributed by atoms with Crippen molar-refractivity contribution in [2.45, 2.75) is 39.7 Å². The second kappa shape index (κ2) is 12.1. The predicted molar refractivity (Wildman–Crippen MR) is 127 cm³/mol. The number of likely N-dealkylation sites (tertiary alicyclic amines) is 1. The van der Waals surface area contributed by atoms with Crippen molar-refractivity contribution < 1.29 is 9.59 Å². The third kappa shape index (κ3) is 6.97. The Morgan fingerprint density at radius 1 is 1.00 bits per heavy atom. The van der Waals surface area contributed by atoms with Crippen molar-refractivity contribution >= 4 is 17.8 Å². The molecule has 0 radical (unpaired) electrons. The van der Waals surface area contributed by atoms with Crippen LogP contribution in [0.5, 0.6) is 0 Å². The lowest BCUT2D eigenvalue weighted by atomic mass is 9.90. The van der Waals surface area contributed by atoms with E-state index in [2.05, 4.69) is 58.6 Å². The Kier molecular flexibility index (Phi) is 8.90. The van der Waals surface area contributed by atoms with Crippen molar-refractivity contribution in [1.82, 2.24) is 20.5 Å². The molecule has 1 aromatic heterocycles. The SMILES string of the molecule is CCN(CC)c1ccc(CNC(=O)NCC(=O)N2CCC(Cc3ccccc3)CC2)cn1. The molecule has 2 heterocycles. The lowest BCUT2D eigenvalue weighted by molar-refractivity contribution is -0.131. The highest BCUT2D eigenvalue weighted by Crippen LogP contribution is 2.21. The number of urea groups is 1. The number of carbonyl (C=O) groups is 2. The molecule has 32 heavy (non-hydrogen) atoms. The van der Waals surface area contributed by atoms with E-state index >= 15 is 0 Å². The average molecular weight is 438 g/mol. The monoisotopic (exact) mass is 437 g/mol. The van der Waals surface area contributed by atoms with Gasteiger partial charge in [-0.1, -0.05) is 36.4 Å². The molecular formula is C25H35N5O2. The zero-order valence-electron chi connectivity index (χ0n) is 19.2. The van der Waals surface area contributed by atoms with E-state index in [1.807, 2.05) is 23.1 Å². The van der Waals surface area contributed by atoms with Crippen LogP contribution < -0.4 is 15.5 Å². The highest BCUT2D eigenvalue weighted by atomic mass is 16.2. The largest absolute Gasteiger partial charge is 0.357 e. The Balaban J connectivity index is 1.34. The Hall–Kier alpha value is -3.09. The second-order valence-electron chi connectivity index (χ2n) is 8.25. The van der Waals surface area contributed by atoms with E-state index in [9.17, 15) is 9.59 Å². The standard InChI is InChI=1S/C25H35N5O2/c1-3-29(4-2)23-11-10-22(17-26-23)18-27-25(32)28-19-24(31)30-14-12-21(13-15-30)16-20-8-6-5-7-9-20/h5-11,17,21H,3-4,12-16,18-19H2,1-2H3,(H2,27,28,32). The van der Waals surface area contributed by atoms with E-state index in [0.29, 0.717) is 12.5 Å². The topological polar surface area (TPSA) is 77.6 Å². The quantitative estimate of drug-likeness (QED) is 0.632. The summed E-state index contributed by atoms with van der Waals surface area (Å²) in [6.07, 6.45) is 4.85. The average Bonchev–Trinajstić information content (AvgIpc) is 2.84. The molecule has 3 rings (SSSR count). The van der Waals surface area contributed by atoms with Crippen LogP contribution >= 0.6 is 0 Å². The molecule has 2 aromatic rings. The van der Waals surface area contributed by atoms with Crippen molar-refractivity contribution in [3.05, 3.63) is 59.8 Å². The van der Waals surface area contributed by atoms with Crippen LogP contribution in [0.3, 0.4) is 0 Å². The van der Waals surface area contributed by atoms with Gasteiger partial charge in [-0.25, -0.2) is 9.78 Å².